The standard InChI is InChI=1S/C78H73N5/c1-75(2,3)49-41-47(42-50(45-49)76(4,5)6)53-30-23-31-54(48-43-51(77(7,8)9)46-52(44-48)78(10,11)12)71(53)83-65-35-20-19-34-64(65)82(83)66-36-24-32-61-68-58-28-15-13-25-55(58)56-26-14-16-29-59(56)69(68)62-39-38-60-57-27-17-18-33-63(57)80-67-37-21-22-40-79(67)81(72(61)66,74(82)83)73(62)70(60)80/h13-14,16-27,29-46,74H,15,28H2,1-12H3/q+4. The molecule has 17 rings (SSSR count). The van der Waals surface area contributed by atoms with Gasteiger partial charge in [-0.05, 0) is 143 Å². The maximum absolute atomic E-state index is 2.75. The lowest BCUT2D eigenvalue weighted by atomic mass is 9.77. The molecule has 6 aliphatic rings. The Morgan fingerprint density at radius 3 is 1.60 bits per heavy atom. The third kappa shape index (κ3) is 5.86. The maximum Gasteiger partial charge on any atom is 0.498 e. The number of hydrogen-bond acceptors (Lipinski definition) is 0. The van der Waals surface area contributed by atoms with Gasteiger partial charge in [0.25, 0.3) is 22.7 Å². The monoisotopic (exact) mass is 1080 g/mol. The molecule has 0 amide bonds. The Labute approximate surface area is 489 Å². The lowest BCUT2D eigenvalue weighted by molar-refractivity contribution is -0.793. The molecule has 0 N–H and O–H groups in total. The van der Waals surface area contributed by atoms with Crippen molar-refractivity contribution in [2.45, 2.75) is 124 Å². The smallest absolute Gasteiger partial charge is 0.181 e. The van der Waals surface area contributed by atoms with Gasteiger partial charge in [-0.15, -0.1) is 0 Å². The normalized spacial score (nSPS) is 21.1. The molecule has 2 spiro atoms. The SMILES string of the molecule is CC(C)(C)c1cc(-c2cccc(-c3cc(C(C)(C)C)cc(C(C)(C)C)c3)c2[N+]23c4ccccc4[N+]24c2cccc5c2[N+]2(c6c(ccc7c8ccccc8n(c67)-c6cccc[n+]62)-c2c-5c5c(c6ccccc26)C=CCC5)C43)cc(C(C)(C)C)c1. The van der Waals surface area contributed by atoms with E-state index < -0.39 is 0 Å². The molecule has 0 radical (unpaired) electrons. The number of benzene rings is 9. The van der Waals surface area contributed by atoms with E-state index in [1.807, 2.05) is 0 Å². The Balaban J connectivity index is 1.11. The summed E-state index contributed by atoms with van der Waals surface area (Å²) >= 11 is 0. The number of pyridine rings is 1. The Kier molecular flexibility index (Phi) is 9.36. The maximum atomic E-state index is 2.75. The van der Waals surface area contributed by atoms with Gasteiger partial charge in [0.1, 0.15) is 5.52 Å². The van der Waals surface area contributed by atoms with E-state index in [0.717, 1.165) is 12.8 Å². The minimum Gasteiger partial charge on any atom is -0.181 e. The molecular weight excluding hydrogens is 1010 g/mol. The second-order valence-electron chi connectivity index (χ2n) is 29.1. The summed E-state index contributed by atoms with van der Waals surface area (Å²) in [5, 5.41) is 5.23. The van der Waals surface area contributed by atoms with Crippen molar-refractivity contribution in [2.24, 2.45) is 0 Å². The van der Waals surface area contributed by atoms with Crippen molar-refractivity contribution in [3.05, 3.63) is 222 Å². The number of nitrogens with zero attached hydrogens (tertiary/aromatic N) is 5. The van der Waals surface area contributed by atoms with Crippen molar-refractivity contribution >= 4 is 72.8 Å². The topological polar surface area (TPSA) is 8.81 Å². The van der Waals surface area contributed by atoms with Gasteiger partial charge < -0.3 is 0 Å². The van der Waals surface area contributed by atoms with Crippen LogP contribution in [-0.2, 0) is 28.1 Å². The van der Waals surface area contributed by atoms with Gasteiger partial charge in [0, 0.05) is 71.1 Å². The molecule has 1 aliphatic carbocycles. The van der Waals surface area contributed by atoms with Gasteiger partial charge in [-0.1, -0.05) is 198 Å². The molecule has 1 saturated heterocycles. The largest absolute Gasteiger partial charge is 0.498 e. The van der Waals surface area contributed by atoms with Crippen LogP contribution in [0.2, 0.25) is 0 Å². The van der Waals surface area contributed by atoms with E-state index in [1.54, 1.807) is 0 Å². The van der Waals surface area contributed by atoms with Crippen molar-refractivity contribution in [2.75, 3.05) is 0 Å². The van der Waals surface area contributed by atoms with Crippen molar-refractivity contribution in [3.63, 3.8) is 0 Å². The van der Waals surface area contributed by atoms with Crippen LogP contribution in [0.15, 0.2) is 188 Å². The van der Waals surface area contributed by atoms with Gasteiger partial charge in [-0.25, -0.2) is 0 Å². The van der Waals surface area contributed by atoms with Gasteiger partial charge >= 0.3 is 12.1 Å². The van der Waals surface area contributed by atoms with Crippen molar-refractivity contribution < 1.29 is 4.68 Å². The van der Waals surface area contributed by atoms with E-state index >= 15 is 0 Å². The Morgan fingerprint density at radius 2 is 0.964 bits per heavy atom. The van der Waals surface area contributed by atoms with E-state index in [1.165, 1.54) is 150 Å². The second kappa shape index (κ2) is 15.7. The number of fused-ring (bicyclic) bond motifs is 16. The van der Waals surface area contributed by atoms with Gasteiger partial charge in [-0.2, -0.15) is 4.57 Å². The number of aromatic nitrogens is 2. The lowest BCUT2D eigenvalue weighted by Crippen LogP contribution is -2.74. The fourth-order valence-corrected chi connectivity index (χ4v) is 16.6. The summed E-state index contributed by atoms with van der Waals surface area (Å²) in [5.74, 6) is 1.18. The quantitative estimate of drug-likeness (QED) is 0.0947. The van der Waals surface area contributed by atoms with E-state index in [4.69, 9.17) is 0 Å². The average molecular weight is 1080 g/mol. The average Bonchev–Trinajstić information content (AvgIpc) is 1.39. The molecule has 5 heteroatoms. The van der Waals surface area contributed by atoms with E-state index in [0.29, 0.717) is 13.8 Å². The number of allylic oxidation sites excluding steroid dienone is 1. The van der Waals surface area contributed by atoms with Crippen LogP contribution >= 0.6 is 0 Å². The van der Waals surface area contributed by atoms with Crippen LogP contribution < -0.4 is 18.5 Å². The first-order valence-electron chi connectivity index (χ1n) is 30.4. The van der Waals surface area contributed by atoms with Crippen molar-refractivity contribution in [1.29, 1.82) is 0 Å². The first-order valence-corrected chi connectivity index (χ1v) is 30.4. The highest BCUT2D eigenvalue weighted by Gasteiger charge is 3.11. The molecule has 9 aromatic carbocycles. The third-order valence-electron chi connectivity index (χ3n) is 20.4. The summed E-state index contributed by atoms with van der Waals surface area (Å²) < 4.78 is 7.14. The number of quaternary nitrogens is 3. The molecule has 0 saturated carbocycles. The third-order valence-corrected chi connectivity index (χ3v) is 20.4. The Bertz CT molecular complexity index is 4650. The molecule has 0 bridgehead atoms. The Morgan fingerprint density at radius 1 is 0.434 bits per heavy atom. The van der Waals surface area contributed by atoms with Gasteiger partial charge in [0.05, 0.1) is 11.1 Å². The fourth-order valence-electron chi connectivity index (χ4n) is 16.6. The number of rotatable bonds is 3. The molecule has 4 unspecified atom stereocenters. The van der Waals surface area contributed by atoms with Crippen LogP contribution in [0.4, 0.5) is 34.1 Å². The number of para-hydroxylation sites is 5. The molecule has 7 heterocycles. The summed E-state index contributed by atoms with van der Waals surface area (Å²) in [4.78, 5) is 0. The highest BCUT2D eigenvalue weighted by Crippen LogP contribution is 2.86. The van der Waals surface area contributed by atoms with Crippen LogP contribution in [0.5, 0.6) is 0 Å². The highest BCUT2D eigenvalue weighted by atomic mass is 16.2. The summed E-state index contributed by atoms with van der Waals surface area (Å²) in [7, 11) is 0. The fraction of sp³-hybridized carbons (Fsp3) is 0.244. The van der Waals surface area contributed by atoms with Crippen LogP contribution in [-0.4, -0.2) is 10.9 Å². The predicted molar refractivity (Wildman–Crippen MR) is 349 cm³/mol. The minimum atomic E-state index is -0.150. The van der Waals surface area contributed by atoms with Crippen LogP contribution in [0.25, 0.3) is 89.0 Å². The van der Waals surface area contributed by atoms with Crippen LogP contribution in [0, 0.1) is 0 Å². The molecule has 1 fully saturated rings. The zero-order chi connectivity index (χ0) is 56.9. The van der Waals surface area contributed by atoms with Crippen molar-refractivity contribution in [3.8, 4) is 50.3 Å². The predicted octanol–water partition coefficient (Wildman–Crippen LogP) is 20.3. The zero-order valence-electron chi connectivity index (χ0n) is 50.2. The summed E-state index contributed by atoms with van der Waals surface area (Å²) in [6.07, 6.45) is 9.15. The molecule has 406 valence electrons. The van der Waals surface area contributed by atoms with Crippen molar-refractivity contribution in [1.82, 2.24) is 18.3 Å². The molecule has 5 nitrogen and oxygen atoms in total. The van der Waals surface area contributed by atoms with E-state index in [-0.39, 0.29) is 27.9 Å². The summed E-state index contributed by atoms with van der Waals surface area (Å²) in [6, 6.07) is 70.2. The lowest BCUT2D eigenvalue weighted by Gasteiger charge is -2.35. The summed E-state index contributed by atoms with van der Waals surface area (Å²) in [5.41, 5.74) is 29.3. The number of hydrogen-bond donors (Lipinski definition) is 0. The van der Waals surface area contributed by atoms with Gasteiger partial charge in [0.15, 0.2) is 6.20 Å². The highest BCUT2D eigenvalue weighted by molar-refractivity contribution is 6.24. The molecule has 2 aromatic heterocycles. The molecule has 83 heavy (non-hydrogen) atoms. The van der Waals surface area contributed by atoms with E-state index in [9.17, 15) is 0 Å². The van der Waals surface area contributed by atoms with E-state index in [2.05, 4.69) is 287 Å². The minimum absolute atomic E-state index is 0.0876. The zero-order valence-corrected chi connectivity index (χ0v) is 50.2. The van der Waals surface area contributed by atoms with Gasteiger partial charge in [0.2, 0.25) is 16.9 Å². The van der Waals surface area contributed by atoms with Crippen LogP contribution in [0.3, 0.4) is 0 Å². The second-order valence-corrected chi connectivity index (χ2v) is 29.1. The molecule has 4 atom stereocenters. The molecular formula is C78H73N5+4. The first kappa shape index (κ1) is 49.4. The Hall–Kier alpha value is -8.19. The van der Waals surface area contributed by atoms with Crippen LogP contribution in [0.1, 0.15) is 123 Å². The molecule has 11 aromatic rings. The molecule has 5 aliphatic heterocycles. The first-order chi connectivity index (χ1) is 39.7. The van der Waals surface area contributed by atoms with Gasteiger partial charge in [-0.3, -0.25) is 0 Å². The summed E-state index contributed by atoms with van der Waals surface area (Å²) in [6.45, 7) is 28.6.